The van der Waals surface area contributed by atoms with Crippen LogP contribution in [0, 0.1) is 12.3 Å². The summed E-state index contributed by atoms with van der Waals surface area (Å²) in [5.41, 5.74) is 9.81. The zero-order valence-electron chi connectivity index (χ0n) is 19.8. The number of rotatable bonds is 10. The summed E-state index contributed by atoms with van der Waals surface area (Å²) in [4.78, 5) is 28.5. The van der Waals surface area contributed by atoms with Gasteiger partial charge in [-0.15, -0.1) is 0 Å². The molecule has 0 spiro atoms. The van der Waals surface area contributed by atoms with Crippen molar-refractivity contribution in [2.24, 2.45) is 5.73 Å². The fourth-order valence-electron chi connectivity index (χ4n) is 3.82. The van der Waals surface area contributed by atoms with Crippen molar-refractivity contribution in [3.63, 3.8) is 0 Å². The molecule has 0 unspecified atom stereocenters. The van der Waals surface area contributed by atoms with Gasteiger partial charge < -0.3 is 20.3 Å². The van der Waals surface area contributed by atoms with Crippen LogP contribution in [-0.4, -0.2) is 55.4 Å². The molecule has 0 aromatic heterocycles. The Kier molecular flexibility index (Phi) is 8.62. The SMILES string of the molecule is CCOC(=O)CCN(C/C=C/c1ccc(C(=O)N2CC=CC2)c(C)c1)c1cccc(C(=N)N)c1. The third-order valence-corrected chi connectivity index (χ3v) is 5.64. The Morgan fingerprint density at radius 1 is 1.18 bits per heavy atom. The summed E-state index contributed by atoms with van der Waals surface area (Å²) in [5, 5.41) is 7.71. The van der Waals surface area contributed by atoms with E-state index in [0.29, 0.717) is 38.3 Å². The number of amidine groups is 1. The van der Waals surface area contributed by atoms with Crippen LogP contribution in [0.15, 0.2) is 60.7 Å². The van der Waals surface area contributed by atoms with Crippen LogP contribution in [0.4, 0.5) is 5.69 Å². The number of benzene rings is 2. The molecule has 3 rings (SSSR count). The second-order valence-electron chi connectivity index (χ2n) is 8.12. The number of nitrogens with zero attached hydrogens (tertiary/aromatic N) is 2. The minimum Gasteiger partial charge on any atom is -0.466 e. The number of nitrogens with one attached hydrogen (secondary N) is 1. The summed E-state index contributed by atoms with van der Waals surface area (Å²) in [6.07, 6.45) is 8.29. The van der Waals surface area contributed by atoms with E-state index in [9.17, 15) is 9.59 Å². The number of nitrogens with two attached hydrogens (primary N) is 1. The van der Waals surface area contributed by atoms with Crippen molar-refractivity contribution in [3.05, 3.63) is 82.9 Å². The highest BCUT2D eigenvalue weighted by Crippen LogP contribution is 2.19. The first-order valence-corrected chi connectivity index (χ1v) is 11.5. The lowest BCUT2D eigenvalue weighted by molar-refractivity contribution is -0.142. The zero-order valence-corrected chi connectivity index (χ0v) is 19.8. The lowest BCUT2D eigenvalue weighted by atomic mass is 10.0. The van der Waals surface area contributed by atoms with Gasteiger partial charge >= 0.3 is 5.97 Å². The summed E-state index contributed by atoms with van der Waals surface area (Å²) in [6, 6.07) is 13.2. The number of anilines is 1. The lowest BCUT2D eigenvalue weighted by Crippen LogP contribution is -2.28. The molecule has 34 heavy (non-hydrogen) atoms. The van der Waals surface area contributed by atoms with E-state index in [-0.39, 0.29) is 24.1 Å². The van der Waals surface area contributed by atoms with Crippen molar-refractivity contribution in [2.45, 2.75) is 20.3 Å². The largest absolute Gasteiger partial charge is 0.466 e. The first kappa shape index (κ1) is 24.8. The van der Waals surface area contributed by atoms with Gasteiger partial charge in [-0.2, -0.15) is 0 Å². The molecule has 0 saturated heterocycles. The van der Waals surface area contributed by atoms with E-state index in [4.69, 9.17) is 15.9 Å². The molecule has 2 aromatic rings. The van der Waals surface area contributed by atoms with Gasteiger partial charge in [0.05, 0.1) is 13.0 Å². The summed E-state index contributed by atoms with van der Waals surface area (Å²) in [7, 11) is 0. The number of amides is 1. The number of carbonyl (C=O) groups is 2. The highest BCUT2D eigenvalue weighted by Gasteiger charge is 2.18. The molecule has 1 amide bonds. The van der Waals surface area contributed by atoms with Gasteiger partial charge in [0.2, 0.25) is 0 Å². The highest BCUT2D eigenvalue weighted by atomic mass is 16.5. The van der Waals surface area contributed by atoms with Crippen molar-refractivity contribution in [3.8, 4) is 0 Å². The number of esters is 1. The van der Waals surface area contributed by atoms with Gasteiger partial charge in [-0.25, -0.2) is 0 Å². The van der Waals surface area contributed by atoms with Gasteiger partial charge in [-0.1, -0.05) is 48.6 Å². The summed E-state index contributed by atoms with van der Waals surface area (Å²) in [5.74, 6) is -0.200. The first-order chi connectivity index (χ1) is 16.4. The van der Waals surface area contributed by atoms with E-state index in [1.807, 2.05) is 77.4 Å². The molecular weight excluding hydrogens is 428 g/mol. The second kappa shape index (κ2) is 11.8. The van der Waals surface area contributed by atoms with Gasteiger partial charge in [-0.3, -0.25) is 15.0 Å². The van der Waals surface area contributed by atoms with Crippen LogP contribution in [0.25, 0.3) is 6.08 Å². The molecule has 0 aliphatic carbocycles. The van der Waals surface area contributed by atoms with Crippen molar-refractivity contribution >= 4 is 29.5 Å². The van der Waals surface area contributed by atoms with Crippen LogP contribution in [0.5, 0.6) is 0 Å². The molecule has 0 bridgehead atoms. The Morgan fingerprint density at radius 3 is 2.62 bits per heavy atom. The fraction of sp³-hybridized carbons (Fsp3) is 0.296. The van der Waals surface area contributed by atoms with E-state index in [2.05, 4.69) is 0 Å². The standard InChI is InChI=1S/C27H32N4O3/c1-3-34-25(32)13-17-30(23-10-6-9-22(19-23)26(28)29)16-7-8-21-11-12-24(20(2)18-21)27(33)31-14-4-5-15-31/h4-12,18-19H,3,13-17H2,1-2H3,(H3,28,29)/b8-7+. The number of ether oxygens (including phenoxy) is 1. The van der Waals surface area contributed by atoms with Gasteiger partial charge in [0.1, 0.15) is 5.84 Å². The van der Waals surface area contributed by atoms with E-state index in [1.165, 1.54) is 0 Å². The minimum absolute atomic E-state index is 0.00226. The molecular formula is C27H32N4O3. The number of hydrogen-bond donors (Lipinski definition) is 2. The normalized spacial score (nSPS) is 12.8. The first-order valence-electron chi connectivity index (χ1n) is 11.5. The summed E-state index contributed by atoms with van der Waals surface area (Å²) in [6.45, 7) is 6.44. The maximum atomic E-state index is 12.7. The third kappa shape index (κ3) is 6.57. The summed E-state index contributed by atoms with van der Waals surface area (Å²) >= 11 is 0. The Labute approximate surface area is 201 Å². The quantitative estimate of drug-likeness (QED) is 0.243. The number of nitrogen functional groups attached to an aromatic ring is 1. The van der Waals surface area contributed by atoms with Gasteiger partial charge in [0.25, 0.3) is 5.91 Å². The van der Waals surface area contributed by atoms with Crippen molar-refractivity contribution in [1.82, 2.24) is 4.90 Å². The predicted molar refractivity (Wildman–Crippen MR) is 136 cm³/mol. The Bertz CT molecular complexity index is 1100. The van der Waals surface area contributed by atoms with Crippen LogP contribution in [0.2, 0.25) is 0 Å². The number of aryl methyl sites for hydroxylation is 1. The van der Waals surface area contributed by atoms with Gasteiger partial charge in [0, 0.05) is 43.0 Å². The predicted octanol–water partition coefficient (Wildman–Crippen LogP) is 3.76. The third-order valence-electron chi connectivity index (χ3n) is 5.64. The van der Waals surface area contributed by atoms with E-state index >= 15 is 0 Å². The van der Waals surface area contributed by atoms with Crippen LogP contribution >= 0.6 is 0 Å². The van der Waals surface area contributed by atoms with Crippen molar-refractivity contribution in [1.29, 1.82) is 5.41 Å². The number of carbonyl (C=O) groups excluding carboxylic acids is 2. The van der Waals surface area contributed by atoms with E-state index in [0.717, 1.165) is 22.4 Å². The molecule has 1 aliphatic heterocycles. The van der Waals surface area contributed by atoms with Gasteiger partial charge in [-0.05, 0) is 43.2 Å². The molecule has 2 aromatic carbocycles. The Balaban J connectivity index is 1.72. The van der Waals surface area contributed by atoms with E-state index in [1.54, 1.807) is 13.0 Å². The topological polar surface area (TPSA) is 99.7 Å². The number of hydrogen-bond acceptors (Lipinski definition) is 5. The Morgan fingerprint density at radius 2 is 1.94 bits per heavy atom. The van der Waals surface area contributed by atoms with Crippen molar-refractivity contribution in [2.75, 3.05) is 37.7 Å². The molecule has 3 N–H and O–H groups in total. The van der Waals surface area contributed by atoms with E-state index < -0.39 is 0 Å². The molecule has 1 heterocycles. The molecule has 1 aliphatic rings. The molecule has 7 nitrogen and oxygen atoms in total. The average molecular weight is 461 g/mol. The van der Waals surface area contributed by atoms with Gasteiger partial charge in [0.15, 0.2) is 0 Å². The van der Waals surface area contributed by atoms with Crippen LogP contribution in [-0.2, 0) is 9.53 Å². The molecule has 0 atom stereocenters. The smallest absolute Gasteiger partial charge is 0.307 e. The molecule has 0 fully saturated rings. The Hall–Kier alpha value is -3.87. The second-order valence-corrected chi connectivity index (χ2v) is 8.12. The maximum Gasteiger partial charge on any atom is 0.307 e. The maximum absolute atomic E-state index is 12.7. The van der Waals surface area contributed by atoms with Crippen molar-refractivity contribution < 1.29 is 14.3 Å². The minimum atomic E-state index is -0.247. The highest BCUT2D eigenvalue weighted by molar-refractivity contribution is 5.96. The van der Waals surface area contributed by atoms with Crippen LogP contribution < -0.4 is 10.6 Å². The molecule has 0 saturated carbocycles. The van der Waals surface area contributed by atoms with Crippen LogP contribution in [0.3, 0.4) is 0 Å². The molecule has 178 valence electrons. The summed E-state index contributed by atoms with van der Waals surface area (Å²) < 4.78 is 5.07. The lowest BCUT2D eigenvalue weighted by Gasteiger charge is -2.23. The van der Waals surface area contributed by atoms with Crippen LogP contribution in [0.1, 0.15) is 40.4 Å². The molecule has 0 radical (unpaired) electrons. The fourth-order valence-corrected chi connectivity index (χ4v) is 3.82. The monoisotopic (exact) mass is 460 g/mol. The zero-order chi connectivity index (χ0) is 24.5. The molecule has 7 heteroatoms. The average Bonchev–Trinajstić information content (AvgIpc) is 3.36.